The number of benzene rings is 1. The Morgan fingerprint density at radius 1 is 1.24 bits per heavy atom. The molecule has 0 amide bonds. The average molecular weight is 231 g/mol. The van der Waals surface area contributed by atoms with Crippen LogP contribution in [0.1, 0.15) is 31.4 Å². The van der Waals surface area contributed by atoms with Crippen LogP contribution in [0.15, 0.2) is 24.3 Å². The van der Waals surface area contributed by atoms with Crippen LogP contribution in [-0.4, -0.2) is 29.7 Å². The van der Waals surface area contributed by atoms with E-state index in [2.05, 4.69) is 36.7 Å². The van der Waals surface area contributed by atoms with E-state index in [9.17, 15) is 0 Å². The molecule has 0 aliphatic rings. The summed E-state index contributed by atoms with van der Waals surface area (Å²) in [6, 6.07) is 8.15. The minimum absolute atomic E-state index is 0.0826. The minimum atomic E-state index is -0.0826. The van der Waals surface area contributed by atoms with E-state index >= 15 is 0 Å². The largest absolute Gasteiger partial charge is 0.384 e. The molecule has 1 aromatic rings. The van der Waals surface area contributed by atoms with Crippen molar-refractivity contribution in [3.05, 3.63) is 35.4 Å². The number of aliphatic hydroxyl groups excluding tert-OH is 1. The Labute approximate surface area is 104 Å². The van der Waals surface area contributed by atoms with E-state index in [0.29, 0.717) is 0 Å². The average Bonchev–Trinajstić information content (AvgIpc) is 2.37. The topological polar surface area (TPSA) is 23.5 Å². The van der Waals surface area contributed by atoms with Crippen LogP contribution in [0.3, 0.4) is 0 Å². The Balaban J connectivity index is 2.81. The van der Waals surface area contributed by atoms with Crippen molar-refractivity contribution >= 4 is 0 Å². The van der Waals surface area contributed by atoms with E-state index in [-0.39, 0.29) is 6.61 Å². The number of hydrogen-bond donors (Lipinski definition) is 1. The summed E-state index contributed by atoms with van der Waals surface area (Å²) in [5.74, 6) is 5.72. The lowest BCUT2D eigenvalue weighted by Gasteiger charge is -2.20. The molecule has 1 N–H and O–H groups in total. The molecule has 2 nitrogen and oxygen atoms in total. The molecular formula is C15H21NO. The molecule has 0 bridgehead atoms. The first-order valence-electron chi connectivity index (χ1n) is 6.21. The van der Waals surface area contributed by atoms with Crippen molar-refractivity contribution in [2.45, 2.75) is 26.8 Å². The van der Waals surface area contributed by atoms with Gasteiger partial charge in [0.15, 0.2) is 0 Å². The summed E-state index contributed by atoms with van der Waals surface area (Å²) in [4.78, 5) is 2.40. The first-order valence-corrected chi connectivity index (χ1v) is 6.21. The summed E-state index contributed by atoms with van der Waals surface area (Å²) in [7, 11) is 0. The molecule has 0 saturated carbocycles. The van der Waals surface area contributed by atoms with Crippen molar-refractivity contribution in [3.63, 3.8) is 0 Å². The highest BCUT2D eigenvalue weighted by atomic mass is 16.2. The van der Waals surface area contributed by atoms with Gasteiger partial charge in [0.25, 0.3) is 0 Å². The molecule has 0 aliphatic carbocycles. The van der Waals surface area contributed by atoms with Gasteiger partial charge in [-0.1, -0.05) is 43.9 Å². The van der Waals surface area contributed by atoms with Crippen LogP contribution in [-0.2, 0) is 6.54 Å². The fraction of sp³-hybridized carbons (Fsp3) is 0.467. The molecule has 92 valence electrons. The van der Waals surface area contributed by atoms with Crippen LogP contribution in [0.5, 0.6) is 0 Å². The van der Waals surface area contributed by atoms with Crippen LogP contribution >= 0.6 is 0 Å². The highest BCUT2D eigenvalue weighted by molar-refractivity contribution is 5.41. The molecule has 0 aromatic heterocycles. The van der Waals surface area contributed by atoms with E-state index in [1.807, 2.05) is 18.2 Å². The van der Waals surface area contributed by atoms with Gasteiger partial charge in [-0.3, -0.25) is 4.90 Å². The van der Waals surface area contributed by atoms with Crippen LogP contribution in [0.25, 0.3) is 0 Å². The van der Waals surface area contributed by atoms with Gasteiger partial charge >= 0.3 is 0 Å². The smallest absolute Gasteiger partial charge is 0.104 e. The molecule has 0 atom stereocenters. The normalized spacial score (nSPS) is 10.1. The standard InChI is InChI=1S/C15H21NO/c1-3-11-16(4-2)13-15-9-6-5-8-14(15)10-7-12-17/h5-6,8-9,17H,3-4,11-13H2,1-2H3. The van der Waals surface area contributed by atoms with E-state index in [4.69, 9.17) is 5.11 Å². The van der Waals surface area contributed by atoms with Gasteiger partial charge in [-0.2, -0.15) is 0 Å². The Hall–Kier alpha value is -1.30. The second kappa shape index (κ2) is 7.89. The lowest BCUT2D eigenvalue weighted by Crippen LogP contribution is -2.24. The van der Waals surface area contributed by atoms with Crippen LogP contribution < -0.4 is 0 Å². The number of rotatable bonds is 5. The number of nitrogens with zero attached hydrogens (tertiary/aromatic N) is 1. The van der Waals surface area contributed by atoms with E-state index in [1.54, 1.807) is 0 Å². The molecule has 1 aromatic carbocycles. The fourth-order valence-corrected chi connectivity index (χ4v) is 1.82. The van der Waals surface area contributed by atoms with E-state index in [1.165, 1.54) is 12.0 Å². The van der Waals surface area contributed by atoms with Gasteiger partial charge in [0, 0.05) is 12.1 Å². The highest BCUT2D eigenvalue weighted by Crippen LogP contribution is 2.10. The molecule has 2 heteroatoms. The maximum Gasteiger partial charge on any atom is 0.104 e. The maximum absolute atomic E-state index is 8.75. The van der Waals surface area contributed by atoms with Crippen molar-refractivity contribution in [2.75, 3.05) is 19.7 Å². The zero-order valence-corrected chi connectivity index (χ0v) is 10.7. The first kappa shape index (κ1) is 13.8. The summed E-state index contributed by atoms with van der Waals surface area (Å²) < 4.78 is 0. The third-order valence-electron chi connectivity index (χ3n) is 2.70. The molecule has 17 heavy (non-hydrogen) atoms. The quantitative estimate of drug-likeness (QED) is 0.786. The zero-order valence-electron chi connectivity index (χ0n) is 10.7. The summed E-state index contributed by atoms with van der Waals surface area (Å²) >= 11 is 0. The maximum atomic E-state index is 8.75. The van der Waals surface area contributed by atoms with Crippen LogP contribution in [0, 0.1) is 11.8 Å². The van der Waals surface area contributed by atoms with Crippen molar-refractivity contribution in [1.82, 2.24) is 4.90 Å². The predicted octanol–water partition coefficient (Wildman–Crippen LogP) is 2.26. The van der Waals surface area contributed by atoms with Gasteiger partial charge in [0.05, 0.1) is 0 Å². The van der Waals surface area contributed by atoms with Gasteiger partial charge in [-0.15, -0.1) is 0 Å². The number of hydrogen-bond acceptors (Lipinski definition) is 2. The van der Waals surface area contributed by atoms with E-state index < -0.39 is 0 Å². The van der Waals surface area contributed by atoms with Crippen molar-refractivity contribution < 1.29 is 5.11 Å². The van der Waals surface area contributed by atoms with Crippen molar-refractivity contribution in [2.24, 2.45) is 0 Å². The molecule has 0 fully saturated rings. The van der Waals surface area contributed by atoms with Gasteiger partial charge in [0.2, 0.25) is 0 Å². The number of aliphatic hydroxyl groups is 1. The molecule has 0 unspecified atom stereocenters. The second-order valence-corrected chi connectivity index (χ2v) is 3.99. The Bertz CT molecular complexity index is 389. The lowest BCUT2D eigenvalue weighted by atomic mass is 10.1. The summed E-state index contributed by atoms with van der Waals surface area (Å²) in [6.45, 7) is 7.38. The molecule has 0 aliphatic heterocycles. The molecule has 0 radical (unpaired) electrons. The third-order valence-corrected chi connectivity index (χ3v) is 2.70. The summed E-state index contributed by atoms with van der Waals surface area (Å²) in [5, 5.41) is 8.75. The van der Waals surface area contributed by atoms with Crippen molar-refractivity contribution in [1.29, 1.82) is 0 Å². The third kappa shape index (κ3) is 4.60. The molecule has 1 rings (SSSR count). The molecule has 0 saturated heterocycles. The summed E-state index contributed by atoms with van der Waals surface area (Å²) in [6.07, 6.45) is 1.17. The second-order valence-electron chi connectivity index (χ2n) is 3.99. The zero-order chi connectivity index (χ0) is 12.5. The van der Waals surface area contributed by atoms with Crippen LogP contribution in [0.2, 0.25) is 0 Å². The summed E-state index contributed by atoms with van der Waals surface area (Å²) in [5.41, 5.74) is 2.26. The monoisotopic (exact) mass is 231 g/mol. The highest BCUT2D eigenvalue weighted by Gasteiger charge is 2.05. The van der Waals surface area contributed by atoms with Gasteiger partial charge in [-0.25, -0.2) is 0 Å². The Kier molecular flexibility index (Phi) is 6.39. The first-order chi connectivity index (χ1) is 8.31. The molecule has 0 spiro atoms. The van der Waals surface area contributed by atoms with E-state index in [0.717, 1.165) is 25.2 Å². The van der Waals surface area contributed by atoms with Gasteiger partial charge in [-0.05, 0) is 31.1 Å². The minimum Gasteiger partial charge on any atom is -0.384 e. The molecular weight excluding hydrogens is 210 g/mol. The molecule has 0 heterocycles. The van der Waals surface area contributed by atoms with Gasteiger partial charge in [0.1, 0.15) is 6.61 Å². The Morgan fingerprint density at radius 3 is 2.65 bits per heavy atom. The van der Waals surface area contributed by atoms with Crippen LogP contribution in [0.4, 0.5) is 0 Å². The van der Waals surface area contributed by atoms with Crippen molar-refractivity contribution in [3.8, 4) is 11.8 Å². The predicted molar refractivity (Wildman–Crippen MR) is 71.6 cm³/mol. The Morgan fingerprint density at radius 2 is 2.00 bits per heavy atom. The lowest BCUT2D eigenvalue weighted by molar-refractivity contribution is 0.280. The van der Waals surface area contributed by atoms with Gasteiger partial charge < -0.3 is 5.11 Å². The SMILES string of the molecule is CCCN(CC)Cc1ccccc1C#CCO. The fourth-order valence-electron chi connectivity index (χ4n) is 1.82.